The van der Waals surface area contributed by atoms with Crippen molar-refractivity contribution in [2.24, 2.45) is 0 Å². The number of carbonyl (C=O) groups excluding carboxylic acids is 1. The van der Waals surface area contributed by atoms with Crippen LogP contribution in [0.4, 0.5) is 0 Å². The molecule has 106 valence electrons. The number of carbonyl (C=O) groups is 1. The molecule has 0 radical (unpaired) electrons. The fraction of sp³-hybridized carbons (Fsp3) is 0.467. The Morgan fingerprint density at radius 1 is 1.55 bits per heavy atom. The van der Waals surface area contributed by atoms with Crippen molar-refractivity contribution in [3.63, 3.8) is 0 Å². The van der Waals surface area contributed by atoms with Crippen LogP contribution in [0.1, 0.15) is 25.3 Å². The molecule has 0 aromatic heterocycles. The highest BCUT2D eigenvalue weighted by Gasteiger charge is 2.19. The number of nitrogens with zero attached hydrogens (tertiary/aromatic N) is 1. The fourth-order valence-corrected chi connectivity index (χ4v) is 2.03. The summed E-state index contributed by atoms with van der Waals surface area (Å²) in [5.74, 6) is 0.411. The molecule has 1 saturated heterocycles. The third kappa shape index (κ3) is 3.97. The molecule has 5 heteroatoms. The van der Waals surface area contributed by atoms with Crippen molar-refractivity contribution in [3.8, 4) is 11.8 Å². The molecule has 0 saturated carbocycles. The molecule has 0 bridgehead atoms. The van der Waals surface area contributed by atoms with Gasteiger partial charge in [-0.2, -0.15) is 5.26 Å². The lowest BCUT2D eigenvalue weighted by atomic mass is 10.2. The van der Waals surface area contributed by atoms with Crippen LogP contribution >= 0.6 is 0 Å². The van der Waals surface area contributed by atoms with E-state index in [-0.39, 0.29) is 12.0 Å². The quantitative estimate of drug-likeness (QED) is 0.885. The minimum atomic E-state index is -0.579. The Labute approximate surface area is 118 Å². The van der Waals surface area contributed by atoms with Crippen LogP contribution in [0.3, 0.4) is 0 Å². The van der Waals surface area contributed by atoms with Gasteiger partial charge >= 0.3 is 0 Å². The van der Waals surface area contributed by atoms with Crippen molar-refractivity contribution in [3.05, 3.63) is 29.8 Å². The molecule has 1 aromatic rings. The second-order valence-corrected chi connectivity index (χ2v) is 4.78. The normalized spacial score (nSPS) is 19.1. The van der Waals surface area contributed by atoms with Crippen LogP contribution in [0.5, 0.6) is 5.75 Å². The number of ether oxygens (including phenoxy) is 2. The summed E-state index contributed by atoms with van der Waals surface area (Å²) in [5.41, 5.74) is 0.563. The molecule has 1 heterocycles. The van der Waals surface area contributed by atoms with Crippen LogP contribution in [0.15, 0.2) is 24.3 Å². The van der Waals surface area contributed by atoms with Crippen molar-refractivity contribution in [1.29, 1.82) is 5.26 Å². The highest BCUT2D eigenvalue weighted by molar-refractivity contribution is 5.80. The van der Waals surface area contributed by atoms with Crippen LogP contribution in [-0.4, -0.2) is 31.3 Å². The Balaban J connectivity index is 1.79. The predicted molar refractivity (Wildman–Crippen MR) is 73.2 cm³/mol. The van der Waals surface area contributed by atoms with Crippen LogP contribution in [0.25, 0.3) is 0 Å². The molecular formula is C15H18N2O3. The summed E-state index contributed by atoms with van der Waals surface area (Å²) in [6.07, 6.45) is 1.59. The van der Waals surface area contributed by atoms with Gasteiger partial charge in [0.2, 0.25) is 0 Å². The average Bonchev–Trinajstić information content (AvgIpc) is 2.98. The third-order valence-corrected chi connectivity index (χ3v) is 3.19. The van der Waals surface area contributed by atoms with E-state index in [4.69, 9.17) is 14.7 Å². The zero-order chi connectivity index (χ0) is 14.4. The van der Waals surface area contributed by atoms with Gasteiger partial charge in [0, 0.05) is 13.2 Å². The number of nitriles is 1. The highest BCUT2D eigenvalue weighted by atomic mass is 16.5. The molecule has 2 atom stereocenters. The zero-order valence-corrected chi connectivity index (χ0v) is 11.5. The Morgan fingerprint density at radius 2 is 2.30 bits per heavy atom. The average molecular weight is 274 g/mol. The van der Waals surface area contributed by atoms with Gasteiger partial charge in [-0.15, -0.1) is 0 Å². The summed E-state index contributed by atoms with van der Waals surface area (Å²) < 4.78 is 11.0. The van der Waals surface area contributed by atoms with E-state index in [0.717, 1.165) is 19.4 Å². The van der Waals surface area contributed by atoms with E-state index in [0.29, 0.717) is 17.9 Å². The van der Waals surface area contributed by atoms with Crippen LogP contribution in [0, 0.1) is 11.3 Å². The Bertz CT molecular complexity index is 487. The van der Waals surface area contributed by atoms with Crippen molar-refractivity contribution in [1.82, 2.24) is 5.32 Å². The second-order valence-electron chi connectivity index (χ2n) is 4.78. The molecular weight excluding hydrogens is 256 g/mol. The van der Waals surface area contributed by atoms with Crippen LogP contribution in [0.2, 0.25) is 0 Å². The molecule has 0 aliphatic carbocycles. The zero-order valence-electron chi connectivity index (χ0n) is 11.5. The van der Waals surface area contributed by atoms with E-state index in [1.165, 1.54) is 0 Å². The number of hydrogen-bond donors (Lipinski definition) is 1. The van der Waals surface area contributed by atoms with Gasteiger partial charge in [-0.1, -0.05) is 0 Å². The lowest BCUT2D eigenvalue weighted by Crippen LogP contribution is -2.40. The maximum Gasteiger partial charge on any atom is 0.260 e. The number of benzene rings is 1. The number of hydrogen-bond acceptors (Lipinski definition) is 4. The molecule has 1 N–H and O–H groups in total. The third-order valence-electron chi connectivity index (χ3n) is 3.19. The lowest BCUT2D eigenvalue weighted by Gasteiger charge is -2.16. The Kier molecular flexibility index (Phi) is 4.97. The van der Waals surface area contributed by atoms with Gasteiger partial charge in [0.05, 0.1) is 17.7 Å². The van der Waals surface area contributed by atoms with Gasteiger partial charge in [-0.25, -0.2) is 0 Å². The molecule has 2 rings (SSSR count). The molecule has 1 amide bonds. The maximum absolute atomic E-state index is 11.9. The number of nitrogens with one attached hydrogen (secondary N) is 1. The first kappa shape index (κ1) is 14.4. The van der Waals surface area contributed by atoms with E-state index >= 15 is 0 Å². The second kappa shape index (κ2) is 6.92. The van der Waals surface area contributed by atoms with Gasteiger partial charge in [-0.05, 0) is 44.0 Å². The van der Waals surface area contributed by atoms with E-state index in [9.17, 15) is 4.79 Å². The summed E-state index contributed by atoms with van der Waals surface area (Å²) in [4.78, 5) is 11.9. The standard InChI is InChI=1S/C15H18N2O3/c1-11(15(18)17-10-14-3-2-8-19-14)20-13-6-4-12(9-16)5-7-13/h4-7,11,14H,2-3,8,10H2,1H3,(H,17,18)/t11-,14+/m1/s1. The minimum absolute atomic E-state index is 0.126. The van der Waals surface area contributed by atoms with Gasteiger partial charge < -0.3 is 14.8 Å². The minimum Gasteiger partial charge on any atom is -0.481 e. The molecule has 0 unspecified atom stereocenters. The van der Waals surface area contributed by atoms with E-state index < -0.39 is 6.10 Å². The summed E-state index contributed by atoms with van der Waals surface area (Å²) in [7, 11) is 0. The fourth-order valence-electron chi connectivity index (χ4n) is 2.03. The van der Waals surface area contributed by atoms with Crippen molar-refractivity contribution in [2.75, 3.05) is 13.2 Å². The van der Waals surface area contributed by atoms with E-state index in [1.54, 1.807) is 31.2 Å². The Hall–Kier alpha value is -2.06. The van der Waals surface area contributed by atoms with E-state index in [2.05, 4.69) is 5.32 Å². The van der Waals surface area contributed by atoms with Crippen LogP contribution < -0.4 is 10.1 Å². The molecule has 5 nitrogen and oxygen atoms in total. The number of rotatable bonds is 5. The number of amides is 1. The molecule has 1 aliphatic rings. The first-order chi connectivity index (χ1) is 9.69. The van der Waals surface area contributed by atoms with Crippen molar-refractivity contribution in [2.45, 2.75) is 32.0 Å². The summed E-state index contributed by atoms with van der Waals surface area (Å²) in [6, 6.07) is 8.72. The lowest BCUT2D eigenvalue weighted by molar-refractivity contribution is -0.127. The maximum atomic E-state index is 11.9. The van der Waals surface area contributed by atoms with Gasteiger partial charge in [0.25, 0.3) is 5.91 Å². The topological polar surface area (TPSA) is 71.3 Å². The van der Waals surface area contributed by atoms with E-state index in [1.807, 2.05) is 6.07 Å². The monoisotopic (exact) mass is 274 g/mol. The SMILES string of the molecule is C[C@@H](Oc1ccc(C#N)cc1)C(=O)NC[C@@H]1CCCO1. The molecule has 0 spiro atoms. The van der Waals surface area contributed by atoms with Gasteiger partial charge in [0.1, 0.15) is 5.75 Å². The molecule has 1 aromatic carbocycles. The van der Waals surface area contributed by atoms with Gasteiger partial charge in [-0.3, -0.25) is 4.79 Å². The summed E-state index contributed by atoms with van der Waals surface area (Å²) in [6.45, 7) is 3.00. The molecule has 20 heavy (non-hydrogen) atoms. The highest BCUT2D eigenvalue weighted by Crippen LogP contribution is 2.14. The summed E-state index contributed by atoms with van der Waals surface area (Å²) in [5, 5.41) is 11.5. The first-order valence-electron chi connectivity index (χ1n) is 6.75. The van der Waals surface area contributed by atoms with Crippen molar-refractivity contribution >= 4 is 5.91 Å². The smallest absolute Gasteiger partial charge is 0.260 e. The van der Waals surface area contributed by atoms with Crippen molar-refractivity contribution < 1.29 is 14.3 Å². The molecule has 1 aliphatic heterocycles. The van der Waals surface area contributed by atoms with Crippen LogP contribution in [-0.2, 0) is 9.53 Å². The first-order valence-corrected chi connectivity index (χ1v) is 6.75. The largest absolute Gasteiger partial charge is 0.481 e. The Morgan fingerprint density at radius 3 is 2.90 bits per heavy atom. The molecule has 1 fully saturated rings. The van der Waals surface area contributed by atoms with Gasteiger partial charge in [0.15, 0.2) is 6.10 Å². The predicted octanol–water partition coefficient (Wildman–Crippen LogP) is 1.62. The summed E-state index contributed by atoms with van der Waals surface area (Å²) >= 11 is 0.